The van der Waals surface area contributed by atoms with Crippen LogP contribution in [0.2, 0.25) is 0 Å². The summed E-state index contributed by atoms with van der Waals surface area (Å²) in [5.41, 5.74) is 0. The molecule has 2 heterocycles. The molecule has 0 radical (unpaired) electrons. The largest absolute Gasteiger partial charge is 0.338 e. The second-order valence-corrected chi connectivity index (χ2v) is 4.68. The Bertz CT molecular complexity index is 237. The fraction of sp³-hybridized carbons (Fsp3) is 0.900. The maximum atomic E-state index is 11.8. The molecular formula is C10H16N2O. The van der Waals surface area contributed by atoms with E-state index in [1.165, 1.54) is 6.42 Å². The van der Waals surface area contributed by atoms with Crippen LogP contribution in [-0.4, -0.2) is 36.5 Å². The molecule has 1 N–H and O–H groups in total. The van der Waals surface area contributed by atoms with Crippen LogP contribution < -0.4 is 5.32 Å². The van der Waals surface area contributed by atoms with E-state index in [9.17, 15) is 4.79 Å². The highest BCUT2D eigenvalue weighted by Gasteiger charge is 2.42. The number of hydrogen-bond donors (Lipinski definition) is 1. The predicted molar refractivity (Wildman–Crippen MR) is 49.2 cm³/mol. The van der Waals surface area contributed by atoms with E-state index >= 15 is 0 Å². The Labute approximate surface area is 78.5 Å². The van der Waals surface area contributed by atoms with E-state index in [0.717, 1.165) is 38.4 Å². The average Bonchev–Trinajstić information content (AvgIpc) is 2.93. The summed E-state index contributed by atoms with van der Waals surface area (Å²) in [6.07, 6.45) is 3.52. The molecule has 3 rings (SSSR count). The molecule has 1 saturated carbocycles. The van der Waals surface area contributed by atoms with E-state index in [1.807, 2.05) is 0 Å². The first-order chi connectivity index (χ1) is 6.34. The molecule has 3 aliphatic rings. The van der Waals surface area contributed by atoms with Crippen molar-refractivity contribution < 1.29 is 4.79 Å². The van der Waals surface area contributed by atoms with Crippen molar-refractivity contribution in [2.75, 3.05) is 19.6 Å². The summed E-state index contributed by atoms with van der Waals surface area (Å²) >= 11 is 0. The number of piperidine rings is 1. The zero-order chi connectivity index (χ0) is 8.84. The van der Waals surface area contributed by atoms with Gasteiger partial charge in [-0.25, -0.2) is 0 Å². The Hall–Kier alpha value is -0.570. The van der Waals surface area contributed by atoms with Gasteiger partial charge in [-0.2, -0.15) is 0 Å². The summed E-state index contributed by atoms with van der Waals surface area (Å²) in [4.78, 5) is 14.0. The minimum Gasteiger partial charge on any atom is -0.338 e. The van der Waals surface area contributed by atoms with Gasteiger partial charge in [-0.05, 0) is 31.7 Å². The standard InChI is InChI=1S/C10H16N2O/c13-10(8-1-2-8)12-6-7-3-9(12)5-11-4-7/h7-9,11H,1-6H2/t7-,9+/m1/s1. The molecule has 3 nitrogen and oxygen atoms in total. The Kier molecular flexibility index (Phi) is 1.62. The zero-order valence-corrected chi connectivity index (χ0v) is 7.83. The summed E-state index contributed by atoms with van der Waals surface area (Å²) in [7, 11) is 0. The second-order valence-electron chi connectivity index (χ2n) is 4.68. The first-order valence-corrected chi connectivity index (χ1v) is 5.36. The molecule has 2 aliphatic heterocycles. The first-order valence-electron chi connectivity index (χ1n) is 5.36. The molecule has 3 fully saturated rings. The van der Waals surface area contributed by atoms with Gasteiger partial charge in [0.15, 0.2) is 0 Å². The normalized spacial score (nSPS) is 38.0. The maximum Gasteiger partial charge on any atom is 0.225 e. The number of hydrogen-bond acceptors (Lipinski definition) is 2. The lowest BCUT2D eigenvalue weighted by molar-refractivity contribution is -0.133. The average molecular weight is 180 g/mol. The third kappa shape index (κ3) is 1.26. The fourth-order valence-corrected chi connectivity index (χ4v) is 2.64. The van der Waals surface area contributed by atoms with Crippen molar-refractivity contribution in [3.8, 4) is 0 Å². The SMILES string of the molecule is O=C(C1CC1)N1C[C@H]2CNC[C@@H]1C2. The fourth-order valence-electron chi connectivity index (χ4n) is 2.64. The Balaban J connectivity index is 1.73. The zero-order valence-electron chi connectivity index (χ0n) is 7.83. The minimum atomic E-state index is 0.402. The highest BCUT2D eigenvalue weighted by molar-refractivity contribution is 5.81. The lowest BCUT2D eigenvalue weighted by Gasteiger charge is -2.24. The number of nitrogens with zero attached hydrogens (tertiary/aromatic N) is 1. The topological polar surface area (TPSA) is 32.3 Å². The molecule has 0 aromatic heterocycles. The van der Waals surface area contributed by atoms with Crippen molar-refractivity contribution in [2.24, 2.45) is 11.8 Å². The lowest BCUT2D eigenvalue weighted by Crippen LogP contribution is -2.42. The molecule has 2 atom stereocenters. The van der Waals surface area contributed by atoms with E-state index in [-0.39, 0.29) is 0 Å². The molecule has 3 heteroatoms. The molecule has 0 unspecified atom stereocenters. The van der Waals surface area contributed by atoms with Crippen molar-refractivity contribution >= 4 is 5.91 Å². The van der Waals surface area contributed by atoms with Gasteiger partial charge in [0.1, 0.15) is 0 Å². The predicted octanol–water partition coefficient (Wildman–Crippen LogP) is 0.217. The molecule has 13 heavy (non-hydrogen) atoms. The van der Waals surface area contributed by atoms with E-state index in [4.69, 9.17) is 0 Å². The van der Waals surface area contributed by atoms with Crippen LogP contribution in [0.5, 0.6) is 0 Å². The van der Waals surface area contributed by atoms with Crippen LogP contribution >= 0.6 is 0 Å². The Morgan fingerprint density at radius 2 is 2.15 bits per heavy atom. The lowest BCUT2D eigenvalue weighted by atomic mass is 10.0. The maximum absolute atomic E-state index is 11.8. The quantitative estimate of drug-likeness (QED) is 0.626. The third-order valence-corrected chi connectivity index (χ3v) is 3.52. The highest BCUT2D eigenvalue weighted by atomic mass is 16.2. The first kappa shape index (κ1) is 7.80. The van der Waals surface area contributed by atoms with Crippen LogP contribution in [0.15, 0.2) is 0 Å². The highest BCUT2D eigenvalue weighted by Crippen LogP contribution is 2.35. The van der Waals surface area contributed by atoms with E-state index in [1.54, 1.807) is 0 Å². The molecule has 0 spiro atoms. The third-order valence-electron chi connectivity index (χ3n) is 3.52. The Morgan fingerprint density at radius 3 is 2.85 bits per heavy atom. The molecule has 1 amide bonds. The number of fused-ring (bicyclic) bond motifs is 2. The van der Waals surface area contributed by atoms with Crippen LogP contribution in [0.1, 0.15) is 19.3 Å². The monoisotopic (exact) mass is 180 g/mol. The van der Waals surface area contributed by atoms with Crippen molar-refractivity contribution in [3.63, 3.8) is 0 Å². The van der Waals surface area contributed by atoms with Crippen LogP contribution in [-0.2, 0) is 4.79 Å². The molecule has 2 bridgehead atoms. The summed E-state index contributed by atoms with van der Waals surface area (Å²) in [6, 6.07) is 0.520. The smallest absolute Gasteiger partial charge is 0.225 e. The summed E-state index contributed by atoms with van der Waals surface area (Å²) in [5.74, 6) is 1.58. The molecule has 72 valence electrons. The van der Waals surface area contributed by atoms with Crippen molar-refractivity contribution in [3.05, 3.63) is 0 Å². The molecule has 1 aliphatic carbocycles. The van der Waals surface area contributed by atoms with E-state index in [0.29, 0.717) is 17.9 Å². The molecule has 0 aromatic rings. The van der Waals surface area contributed by atoms with Gasteiger partial charge in [0.05, 0.1) is 0 Å². The minimum absolute atomic E-state index is 0.402. The van der Waals surface area contributed by atoms with Gasteiger partial charge in [-0.1, -0.05) is 0 Å². The molecule has 2 saturated heterocycles. The number of rotatable bonds is 1. The van der Waals surface area contributed by atoms with Gasteiger partial charge in [-0.3, -0.25) is 4.79 Å². The number of carbonyl (C=O) groups excluding carboxylic acids is 1. The number of carbonyl (C=O) groups is 1. The number of amides is 1. The van der Waals surface area contributed by atoms with E-state index in [2.05, 4.69) is 10.2 Å². The summed E-state index contributed by atoms with van der Waals surface area (Å²) in [6.45, 7) is 3.16. The summed E-state index contributed by atoms with van der Waals surface area (Å²) < 4.78 is 0. The van der Waals surface area contributed by atoms with Crippen LogP contribution in [0.25, 0.3) is 0 Å². The van der Waals surface area contributed by atoms with Gasteiger partial charge >= 0.3 is 0 Å². The number of nitrogens with one attached hydrogen (secondary N) is 1. The van der Waals surface area contributed by atoms with E-state index < -0.39 is 0 Å². The van der Waals surface area contributed by atoms with Gasteiger partial charge in [0.25, 0.3) is 0 Å². The second kappa shape index (κ2) is 2.71. The summed E-state index contributed by atoms with van der Waals surface area (Å²) in [5, 5.41) is 3.40. The van der Waals surface area contributed by atoms with Crippen molar-refractivity contribution in [1.29, 1.82) is 0 Å². The van der Waals surface area contributed by atoms with Gasteiger partial charge in [0, 0.05) is 25.0 Å². The van der Waals surface area contributed by atoms with Gasteiger partial charge in [0.2, 0.25) is 5.91 Å². The van der Waals surface area contributed by atoms with Crippen molar-refractivity contribution in [2.45, 2.75) is 25.3 Å². The molecular weight excluding hydrogens is 164 g/mol. The Morgan fingerprint density at radius 1 is 1.31 bits per heavy atom. The molecule has 0 aromatic carbocycles. The number of likely N-dealkylation sites (tertiary alicyclic amines) is 1. The van der Waals surface area contributed by atoms with Gasteiger partial charge < -0.3 is 10.2 Å². The van der Waals surface area contributed by atoms with Crippen LogP contribution in [0, 0.1) is 11.8 Å². The van der Waals surface area contributed by atoms with Crippen molar-refractivity contribution in [1.82, 2.24) is 10.2 Å². The van der Waals surface area contributed by atoms with Crippen LogP contribution in [0.4, 0.5) is 0 Å². The van der Waals surface area contributed by atoms with Crippen LogP contribution in [0.3, 0.4) is 0 Å². The van der Waals surface area contributed by atoms with Gasteiger partial charge in [-0.15, -0.1) is 0 Å².